The van der Waals surface area contributed by atoms with E-state index in [2.05, 4.69) is 69.4 Å². The fourth-order valence-corrected chi connectivity index (χ4v) is 8.98. The van der Waals surface area contributed by atoms with Crippen LogP contribution in [0.5, 0.6) is 0 Å². The lowest BCUT2D eigenvalue weighted by Crippen LogP contribution is -2.30. The Morgan fingerprint density at radius 2 is 0.557 bits per heavy atom. The van der Waals surface area contributed by atoms with Crippen molar-refractivity contribution in [3.63, 3.8) is 0 Å². The molecular weight excluding hydrogens is 865 g/mol. The van der Waals surface area contributed by atoms with Crippen LogP contribution in [0.1, 0.15) is 323 Å². The van der Waals surface area contributed by atoms with Crippen LogP contribution in [-0.2, 0) is 28.6 Å². The van der Waals surface area contributed by atoms with Crippen LogP contribution < -0.4 is 0 Å². The zero-order valence-electron chi connectivity index (χ0n) is 46.8. The van der Waals surface area contributed by atoms with Gasteiger partial charge < -0.3 is 14.2 Å². The Kier molecular flexibility index (Phi) is 56.7. The maximum absolute atomic E-state index is 12.9. The lowest BCUT2D eigenvalue weighted by Gasteiger charge is -2.18. The molecule has 0 amide bonds. The van der Waals surface area contributed by atoms with E-state index in [1.54, 1.807) is 0 Å². The maximum atomic E-state index is 12.9. The number of hydrogen-bond donors (Lipinski definition) is 0. The number of carbonyl (C=O) groups excluding carboxylic acids is 3. The monoisotopic (exact) mass is 981 g/mol. The van der Waals surface area contributed by atoms with Crippen molar-refractivity contribution in [3.05, 3.63) is 48.6 Å². The Hall–Kier alpha value is -2.63. The summed E-state index contributed by atoms with van der Waals surface area (Å²) in [5.74, 6) is -0.899. The molecule has 408 valence electrons. The van der Waals surface area contributed by atoms with Crippen molar-refractivity contribution >= 4 is 17.9 Å². The molecule has 0 fully saturated rings. The van der Waals surface area contributed by atoms with E-state index in [0.717, 1.165) is 83.5 Å². The highest BCUT2D eigenvalue weighted by atomic mass is 16.6. The van der Waals surface area contributed by atoms with E-state index >= 15 is 0 Å². The Balaban J connectivity index is 4.30. The van der Waals surface area contributed by atoms with Crippen molar-refractivity contribution in [3.8, 4) is 0 Å². The SMILES string of the molecule is CC/C=C\C/C=C\C/C=C\CCCCCC(=O)OCC(COC(=O)CCCCCCCCCCCCCCCCCCCCCCCC)OC(=O)CCCCCCCCC/C=C\CCCCCCCC. The van der Waals surface area contributed by atoms with E-state index in [1.807, 2.05) is 0 Å². The summed E-state index contributed by atoms with van der Waals surface area (Å²) < 4.78 is 16.9. The summed E-state index contributed by atoms with van der Waals surface area (Å²) >= 11 is 0. The summed E-state index contributed by atoms with van der Waals surface area (Å²) in [6.45, 7) is 6.54. The summed E-state index contributed by atoms with van der Waals surface area (Å²) in [6, 6.07) is 0. The first kappa shape index (κ1) is 67.4. The van der Waals surface area contributed by atoms with Gasteiger partial charge in [0.2, 0.25) is 0 Å². The Bertz CT molecular complexity index is 1220. The lowest BCUT2D eigenvalue weighted by atomic mass is 10.0. The highest BCUT2D eigenvalue weighted by Gasteiger charge is 2.19. The number of rotatable bonds is 56. The van der Waals surface area contributed by atoms with E-state index in [4.69, 9.17) is 14.2 Å². The first-order chi connectivity index (χ1) is 34.5. The van der Waals surface area contributed by atoms with Gasteiger partial charge >= 0.3 is 17.9 Å². The second-order valence-corrected chi connectivity index (χ2v) is 20.6. The summed E-state index contributed by atoms with van der Waals surface area (Å²) in [7, 11) is 0. The fraction of sp³-hybridized carbons (Fsp3) is 0.828. The van der Waals surface area contributed by atoms with Crippen LogP contribution in [0.25, 0.3) is 0 Å². The number of esters is 3. The number of hydrogen-bond acceptors (Lipinski definition) is 6. The molecule has 0 aromatic heterocycles. The van der Waals surface area contributed by atoms with E-state index < -0.39 is 6.10 Å². The minimum Gasteiger partial charge on any atom is -0.462 e. The molecular formula is C64H116O6. The summed E-state index contributed by atoms with van der Waals surface area (Å²) in [5.41, 5.74) is 0. The van der Waals surface area contributed by atoms with Crippen LogP contribution in [0.3, 0.4) is 0 Å². The van der Waals surface area contributed by atoms with E-state index in [-0.39, 0.29) is 31.1 Å². The number of unbranched alkanes of at least 4 members (excludes halogenated alkanes) is 37. The van der Waals surface area contributed by atoms with Crippen LogP contribution in [0.2, 0.25) is 0 Å². The molecule has 0 spiro atoms. The van der Waals surface area contributed by atoms with Gasteiger partial charge in [-0.15, -0.1) is 0 Å². The molecule has 0 saturated carbocycles. The Labute approximate surface area is 435 Å². The van der Waals surface area contributed by atoms with Crippen molar-refractivity contribution in [2.75, 3.05) is 13.2 Å². The largest absolute Gasteiger partial charge is 0.462 e. The molecule has 0 aromatic rings. The van der Waals surface area contributed by atoms with Gasteiger partial charge in [-0.05, 0) is 77.0 Å². The summed E-state index contributed by atoms with van der Waals surface area (Å²) in [4.78, 5) is 38.2. The van der Waals surface area contributed by atoms with E-state index in [1.165, 1.54) is 199 Å². The molecule has 0 rings (SSSR count). The van der Waals surface area contributed by atoms with Crippen molar-refractivity contribution in [2.24, 2.45) is 0 Å². The predicted molar refractivity (Wildman–Crippen MR) is 302 cm³/mol. The molecule has 0 aliphatic carbocycles. The van der Waals surface area contributed by atoms with Crippen LogP contribution in [0.4, 0.5) is 0 Å². The smallest absolute Gasteiger partial charge is 0.306 e. The van der Waals surface area contributed by atoms with Gasteiger partial charge in [0.1, 0.15) is 13.2 Å². The molecule has 70 heavy (non-hydrogen) atoms. The second kappa shape index (κ2) is 58.9. The first-order valence-corrected chi connectivity index (χ1v) is 30.6. The maximum Gasteiger partial charge on any atom is 0.306 e. The van der Waals surface area contributed by atoms with Gasteiger partial charge in [0.15, 0.2) is 6.10 Å². The number of carbonyl (C=O) groups is 3. The third kappa shape index (κ3) is 56.3. The van der Waals surface area contributed by atoms with Crippen LogP contribution in [-0.4, -0.2) is 37.2 Å². The highest BCUT2D eigenvalue weighted by molar-refractivity contribution is 5.71. The average molecular weight is 982 g/mol. The Morgan fingerprint density at radius 3 is 0.900 bits per heavy atom. The zero-order valence-corrected chi connectivity index (χ0v) is 46.8. The van der Waals surface area contributed by atoms with Gasteiger partial charge in [-0.2, -0.15) is 0 Å². The highest BCUT2D eigenvalue weighted by Crippen LogP contribution is 2.17. The first-order valence-electron chi connectivity index (χ1n) is 30.6. The van der Waals surface area contributed by atoms with Gasteiger partial charge in [0, 0.05) is 19.3 Å². The number of ether oxygens (including phenoxy) is 3. The average Bonchev–Trinajstić information content (AvgIpc) is 3.36. The van der Waals surface area contributed by atoms with Crippen LogP contribution in [0, 0.1) is 0 Å². The van der Waals surface area contributed by atoms with Gasteiger partial charge in [0.25, 0.3) is 0 Å². The predicted octanol–water partition coefficient (Wildman–Crippen LogP) is 20.6. The van der Waals surface area contributed by atoms with Gasteiger partial charge in [0.05, 0.1) is 0 Å². The van der Waals surface area contributed by atoms with Gasteiger partial charge in [-0.25, -0.2) is 0 Å². The van der Waals surface area contributed by atoms with Crippen molar-refractivity contribution in [1.82, 2.24) is 0 Å². The van der Waals surface area contributed by atoms with Crippen molar-refractivity contribution in [2.45, 2.75) is 329 Å². The topological polar surface area (TPSA) is 78.9 Å². The molecule has 0 aliphatic heterocycles. The number of allylic oxidation sites excluding steroid dienone is 8. The molecule has 6 heteroatoms. The normalized spacial score (nSPS) is 12.3. The van der Waals surface area contributed by atoms with Crippen LogP contribution in [0.15, 0.2) is 48.6 Å². The van der Waals surface area contributed by atoms with Crippen molar-refractivity contribution in [1.29, 1.82) is 0 Å². The molecule has 0 N–H and O–H groups in total. The second-order valence-electron chi connectivity index (χ2n) is 20.6. The minimum atomic E-state index is -0.786. The van der Waals surface area contributed by atoms with Gasteiger partial charge in [-0.1, -0.05) is 275 Å². The third-order valence-corrected chi connectivity index (χ3v) is 13.6. The van der Waals surface area contributed by atoms with Crippen molar-refractivity contribution < 1.29 is 28.6 Å². The molecule has 0 heterocycles. The Morgan fingerprint density at radius 1 is 0.300 bits per heavy atom. The third-order valence-electron chi connectivity index (χ3n) is 13.6. The van der Waals surface area contributed by atoms with E-state index in [0.29, 0.717) is 19.3 Å². The molecule has 0 aliphatic rings. The summed E-state index contributed by atoms with van der Waals surface area (Å²) in [6.07, 6.45) is 72.6. The van der Waals surface area contributed by atoms with Gasteiger partial charge in [-0.3, -0.25) is 14.4 Å². The lowest BCUT2D eigenvalue weighted by molar-refractivity contribution is -0.167. The molecule has 0 aromatic carbocycles. The quantitative estimate of drug-likeness (QED) is 0.0261. The standard InChI is InChI=1S/C64H116O6/c1-4-7-10-13-16-19-22-25-27-29-30-31-32-33-35-36-39-42-45-48-51-54-57-63(66)69-60-61(59-68-62(65)56-53-50-47-44-41-38-24-21-18-15-12-9-6-3)70-64(67)58-55-52-49-46-43-40-37-34-28-26-23-20-17-14-11-8-5-2/h9,12,18,21,26,28,38,41,61H,4-8,10-11,13-17,19-20,22-25,27,29-37,39-40,42-60H2,1-3H3/b12-9-,21-18-,28-26-,41-38-. The molecule has 1 unspecified atom stereocenters. The molecule has 0 bridgehead atoms. The van der Waals surface area contributed by atoms with E-state index in [9.17, 15) is 14.4 Å². The molecule has 6 nitrogen and oxygen atoms in total. The molecule has 0 radical (unpaired) electrons. The van der Waals surface area contributed by atoms with Crippen LogP contribution >= 0.6 is 0 Å². The minimum absolute atomic E-state index is 0.0810. The fourth-order valence-electron chi connectivity index (χ4n) is 8.98. The molecule has 1 atom stereocenters. The molecule has 0 saturated heterocycles. The zero-order chi connectivity index (χ0) is 50.7. The summed E-state index contributed by atoms with van der Waals surface area (Å²) in [5, 5.41) is 0.